The third-order valence-electron chi connectivity index (χ3n) is 3.05. The van der Waals surface area contributed by atoms with E-state index >= 15 is 0 Å². The van der Waals surface area contributed by atoms with E-state index in [1.807, 2.05) is 4.90 Å². The molecule has 0 aromatic rings. The van der Waals surface area contributed by atoms with Gasteiger partial charge in [0.25, 0.3) is 0 Å². The standard InChI is InChI=1S/C11H20N2O2/c1-9(8-10-2-3-10)12-11(14)13-4-6-15-7-5-13/h9-10H,2-8H2,1H3,(H,12,14). The Balaban J connectivity index is 1.69. The van der Waals surface area contributed by atoms with Crippen LogP contribution in [0.25, 0.3) is 0 Å². The van der Waals surface area contributed by atoms with E-state index < -0.39 is 0 Å². The zero-order valence-corrected chi connectivity index (χ0v) is 9.37. The molecular weight excluding hydrogens is 192 g/mol. The summed E-state index contributed by atoms with van der Waals surface area (Å²) < 4.78 is 5.21. The van der Waals surface area contributed by atoms with E-state index in [0.717, 1.165) is 25.4 Å². The average Bonchev–Trinajstić information content (AvgIpc) is 3.03. The molecule has 15 heavy (non-hydrogen) atoms. The van der Waals surface area contributed by atoms with Crippen molar-refractivity contribution < 1.29 is 9.53 Å². The van der Waals surface area contributed by atoms with Crippen molar-refractivity contribution in [3.63, 3.8) is 0 Å². The molecule has 1 aliphatic heterocycles. The van der Waals surface area contributed by atoms with Crippen LogP contribution < -0.4 is 5.32 Å². The number of morpholine rings is 1. The highest BCUT2D eigenvalue weighted by Crippen LogP contribution is 2.33. The molecule has 1 atom stereocenters. The van der Waals surface area contributed by atoms with Gasteiger partial charge in [0.15, 0.2) is 0 Å². The Hall–Kier alpha value is -0.770. The summed E-state index contributed by atoms with van der Waals surface area (Å²) in [6.45, 7) is 4.88. The van der Waals surface area contributed by atoms with Crippen LogP contribution in [-0.4, -0.2) is 43.3 Å². The minimum Gasteiger partial charge on any atom is -0.378 e. The van der Waals surface area contributed by atoms with Gasteiger partial charge in [0.2, 0.25) is 0 Å². The van der Waals surface area contributed by atoms with E-state index in [1.54, 1.807) is 0 Å². The molecule has 0 spiro atoms. The van der Waals surface area contributed by atoms with Crippen LogP contribution in [0.15, 0.2) is 0 Å². The number of amides is 2. The van der Waals surface area contributed by atoms with Gasteiger partial charge >= 0.3 is 6.03 Å². The molecule has 86 valence electrons. The van der Waals surface area contributed by atoms with Crippen molar-refractivity contribution in [3.8, 4) is 0 Å². The lowest BCUT2D eigenvalue weighted by molar-refractivity contribution is 0.0525. The summed E-state index contributed by atoms with van der Waals surface area (Å²) in [5.74, 6) is 0.866. The van der Waals surface area contributed by atoms with E-state index in [2.05, 4.69) is 12.2 Å². The fourth-order valence-electron chi connectivity index (χ4n) is 1.98. The van der Waals surface area contributed by atoms with Gasteiger partial charge in [-0.05, 0) is 19.3 Å². The van der Waals surface area contributed by atoms with E-state index in [9.17, 15) is 4.79 Å². The molecule has 1 saturated carbocycles. The molecule has 1 heterocycles. The second kappa shape index (κ2) is 4.84. The lowest BCUT2D eigenvalue weighted by atomic mass is 10.2. The van der Waals surface area contributed by atoms with Crippen molar-refractivity contribution in [2.45, 2.75) is 32.2 Å². The van der Waals surface area contributed by atoms with Crippen LogP contribution in [0, 0.1) is 5.92 Å². The fourth-order valence-corrected chi connectivity index (χ4v) is 1.98. The molecule has 2 fully saturated rings. The number of carbonyl (C=O) groups excluding carboxylic acids is 1. The number of ether oxygens (including phenoxy) is 1. The Kier molecular flexibility index (Phi) is 3.46. The van der Waals surface area contributed by atoms with Crippen molar-refractivity contribution in [2.24, 2.45) is 5.92 Å². The first kappa shape index (κ1) is 10.7. The zero-order chi connectivity index (χ0) is 10.7. The fraction of sp³-hybridized carbons (Fsp3) is 0.909. The van der Waals surface area contributed by atoms with Crippen molar-refractivity contribution in [1.29, 1.82) is 0 Å². The molecule has 1 saturated heterocycles. The van der Waals surface area contributed by atoms with Gasteiger partial charge in [0, 0.05) is 19.1 Å². The molecule has 2 aliphatic rings. The summed E-state index contributed by atoms with van der Waals surface area (Å²) >= 11 is 0. The molecule has 1 aliphatic carbocycles. The van der Waals surface area contributed by atoms with Gasteiger partial charge in [-0.1, -0.05) is 12.8 Å². The Morgan fingerprint density at radius 1 is 1.47 bits per heavy atom. The highest BCUT2D eigenvalue weighted by atomic mass is 16.5. The first-order valence-corrected chi connectivity index (χ1v) is 5.89. The van der Waals surface area contributed by atoms with Crippen LogP contribution in [0.1, 0.15) is 26.2 Å². The van der Waals surface area contributed by atoms with Gasteiger partial charge in [-0.2, -0.15) is 0 Å². The molecule has 4 nitrogen and oxygen atoms in total. The van der Waals surface area contributed by atoms with Gasteiger partial charge in [0.05, 0.1) is 13.2 Å². The molecule has 2 amide bonds. The van der Waals surface area contributed by atoms with Crippen molar-refractivity contribution in [2.75, 3.05) is 26.3 Å². The lowest BCUT2D eigenvalue weighted by Crippen LogP contribution is -2.48. The summed E-state index contributed by atoms with van der Waals surface area (Å²) in [6, 6.07) is 0.388. The number of rotatable bonds is 3. The Bertz CT molecular complexity index is 223. The monoisotopic (exact) mass is 212 g/mol. The smallest absolute Gasteiger partial charge is 0.317 e. The average molecular weight is 212 g/mol. The SMILES string of the molecule is CC(CC1CC1)NC(=O)N1CCOCC1. The van der Waals surface area contributed by atoms with Crippen molar-refractivity contribution >= 4 is 6.03 Å². The summed E-state index contributed by atoms with van der Waals surface area (Å²) in [4.78, 5) is 13.6. The first-order chi connectivity index (χ1) is 7.25. The molecule has 4 heteroatoms. The number of nitrogens with zero attached hydrogens (tertiary/aromatic N) is 1. The molecular formula is C11H20N2O2. The highest BCUT2D eigenvalue weighted by Gasteiger charge is 2.25. The second-order valence-corrected chi connectivity index (χ2v) is 4.63. The van der Waals surface area contributed by atoms with E-state index in [1.165, 1.54) is 12.8 Å². The molecule has 0 aromatic carbocycles. The van der Waals surface area contributed by atoms with Gasteiger partial charge in [-0.25, -0.2) is 4.79 Å². The Morgan fingerprint density at radius 2 is 2.13 bits per heavy atom. The van der Waals surface area contributed by atoms with E-state index in [-0.39, 0.29) is 6.03 Å². The Morgan fingerprint density at radius 3 is 2.73 bits per heavy atom. The predicted molar refractivity (Wildman–Crippen MR) is 57.7 cm³/mol. The van der Waals surface area contributed by atoms with Crippen LogP contribution >= 0.6 is 0 Å². The Labute approximate surface area is 91.0 Å². The molecule has 0 aromatic heterocycles. The van der Waals surface area contributed by atoms with Gasteiger partial charge in [0.1, 0.15) is 0 Å². The topological polar surface area (TPSA) is 41.6 Å². The molecule has 0 radical (unpaired) electrons. The second-order valence-electron chi connectivity index (χ2n) is 4.63. The van der Waals surface area contributed by atoms with Gasteiger partial charge in [-0.15, -0.1) is 0 Å². The van der Waals surface area contributed by atoms with Gasteiger partial charge < -0.3 is 15.0 Å². The van der Waals surface area contributed by atoms with E-state index in [0.29, 0.717) is 19.3 Å². The van der Waals surface area contributed by atoms with Crippen LogP contribution in [0.2, 0.25) is 0 Å². The first-order valence-electron chi connectivity index (χ1n) is 5.89. The molecule has 2 rings (SSSR count). The normalized spacial score (nSPS) is 23.7. The lowest BCUT2D eigenvalue weighted by Gasteiger charge is -2.28. The number of hydrogen-bond donors (Lipinski definition) is 1. The highest BCUT2D eigenvalue weighted by molar-refractivity contribution is 5.74. The quantitative estimate of drug-likeness (QED) is 0.764. The van der Waals surface area contributed by atoms with Crippen LogP contribution in [0.5, 0.6) is 0 Å². The van der Waals surface area contributed by atoms with Crippen LogP contribution in [0.4, 0.5) is 4.79 Å². The predicted octanol–water partition coefficient (Wildman–Crippen LogP) is 1.22. The third-order valence-corrected chi connectivity index (χ3v) is 3.05. The summed E-state index contributed by atoms with van der Waals surface area (Å²) in [7, 11) is 0. The maximum Gasteiger partial charge on any atom is 0.317 e. The molecule has 1 N–H and O–H groups in total. The van der Waals surface area contributed by atoms with Crippen molar-refractivity contribution in [3.05, 3.63) is 0 Å². The minimum absolute atomic E-state index is 0.0754. The minimum atomic E-state index is 0.0754. The summed E-state index contributed by atoms with van der Waals surface area (Å²) in [5.41, 5.74) is 0. The molecule has 1 unspecified atom stereocenters. The zero-order valence-electron chi connectivity index (χ0n) is 9.37. The summed E-state index contributed by atoms with van der Waals surface area (Å²) in [6.07, 6.45) is 3.83. The third kappa shape index (κ3) is 3.38. The number of hydrogen-bond acceptors (Lipinski definition) is 2. The van der Waals surface area contributed by atoms with Crippen LogP contribution in [0.3, 0.4) is 0 Å². The largest absolute Gasteiger partial charge is 0.378 e. The maximum atomic E-state index is 11.8. The number of nitrogens with one attached hydrogen (secondary N) is 1. The van der Waals surface area contributed by atoms with Gasteiger partial charge in [-0.3, -0.25) is 0 Å². The van der Waals surface area contributed by atoms with Crippen LogP contribution in [-0.2, 0) is 4.74 Å². The maximum absolute atomic E-state index is 11.8. The summed E-state index contributed by atoms with van der Waals surface area (Å²) in [5, 5.41) is 3.05. The van der Waals surface area contributed by atoms with E-state index in [4.69, 9.17) is 4.74 Å². The van der Waals surface area contributed by atoms with Crippen molar-refractivity contribution in [1.82, 2.24) is 10.2 Å². The number of carbonyl (C=O) groups is 1. The molecule has 0 bridgehead atoms. The number of urea groups is 1.